The summed E-state index contributed by atoms with van der Waals surface area (Å²) in [5.41, 5.74) is 1.62. The maximum atomic E-state index is 12.9. The van der Waals surface area contributed by atoms with Crippen LogP contribution >= 0.6 is 0 Å². The van der Waals surface area contributed by atoms with Crippen LogP contribution in [0.1, 0.15) is 31.2 Å². The van der Waals surface area contributed by atoms with Gasteiger partial charge in [0, 0.05) is 23.9 Å². The standard InChI is InChI=1S/C20H19FN2/c1-2-15-3-5-16(6-4-15)7-8-17-13-22-20(23-14-17)18-9-11-19(21)12-10-18/h2,9-16H,1,3-6H2. The molecule has 2 nitrogen and oxygen atoms in total. The van der Waals surface area contributed by atoms with Gasteiger partial charge in [-0.1, -0.05) is 17.9 Å². The second-order valence-electron chi connectivity index (χ2n) is 5.92. The molecule has 23 heavy (non-hydrogen) atoms. The first kappa shape index (κ1) is 15.4. The Morgan fingerprint density at radius 3 is 2.30 bits per heavy atom. The van der Waals surface area contributed by atoms with Crippen molar-refractivity contribution in [2.45, 2.75) is 25.7 Å². The summed E-state index contributed by atoms with van der Waals surface area (Å²) in [5.74, 6) is 7.95. The second kappa shape index (κ2) is 7.19. The molecule has 1 aliphatic rings. The molecule has 0 aliphatic heterocycles. The van der Waals surface area contributed by atoms with Crippen LogP contribution in [0.15, 0.2) is 49.3 Å². The SMILES string of the molecule is C=CC1CCC(C#Cc2cnc(-c3ccc(F)cc3)nc2)CC1. The van der Waals surface area contributed by atoms with E-state index < -0.39 is 0 Å². The molecule has 3 heteroatoms. The summed E-state index contributed by atoms with van der Waals surface area (Å²) in [6.45, 7) is 3.87. The van der Waals surface area contributed by atoms with Crippen LogP contribution in [0.3, 0.4) is 0 Å². The van der Waals surface area contributed by atoms with Gasteiger partial charge in [-0.25, -0.2) is 14.4 Å². The van der Waals surface area contributed by atoms with Crippen molar-refractivity contribution in [3.8, 4) is 23.2 Å². The van der Waals surface area contributed by atoms with Crippen LogP contribution in [0, 0.1) is 29.5 Å². The van der Waals surface area contributed by atoms with Gasteiger partial charge in [0.05, 0.1) is 5.56 Å². The number of rotatable bonds is 2. The lowest BCUT2D eigenvalue weighted by atomic mass is 9.82. The van der Waals surface area contributed by atoms with Crippen molar-refractivity contribution >= 4 is 0 Å². The Kier molecular flexibility index (Phi) is 4.83. The summed E-state index contributed by atoms with van der Waals surface area (Å²) < 4.78 is 12.9. The predicted molar refractivity (Wildman–Crippen MR) is 89.9 cm³/mol. The lowest BCUT2D eigenvalue weighted by Gasteiger charge is -2.22. The zero-order valence-electron chi connectivity index (χ0n) is 13.0. The third-order valence-electron chi connectivity index (χ3n) is 4.28. The average molecular weight is 306 g/mol. The molecular weight excluding hydrogens is 287 g/mol. The van der Waals surface area contributed by atoms with E-state index in [0.717, 1.165) is 24.0 Å². The maximum Gasteiger partial charge on any atom is 0.159 e. The van der Waals surface area contributed by atoms with E-state index in [9.17, 15) is 4.39 Å². The number of nitrogens with zero attached hydrogens (tertiary/aromatic N) is 2. The Bertz CT molecular complexity index is 715. The van der Waals surface area contributed by atoms with Crippen LogP contribution in [-0.4, -0.2) is 9.97 Å². The highest BCUT2D eigenvalue weighted by Crippen LogP contribution is 2.28. The van der Waals surface area contributed by atoms with Gasteiger partial charge in [0.2, 0.25) is 0 Å². The highest BCUT2D eigenvalue weighted by Gasteiger charge is 2.17. The van der Waals surface area contributed by atoms with Crippen molar-refractivity contribution in [3.63, 3.8) is 0 Å². The number of halogens is 1. The second-order valence-corrected chi connectivity index (χ2v) is 5.92. The van der Waals surface area contributed by atoms with Gasteiger partial charge >= 0.3 is 0 Å². The molecule has 1 aromatic carbocycles. The minimum atomic E-state index is -0.262. The Morgan fingerprint density at radius 1 is 1.04 bits per heavy atom. The van der Waals surface area contributed by atoms with Crippen LogP contribution in [0.2, 0.25) is 0 Å². The zero-order valence-corrected chi connectivity index (χ0v) is 13.0. The quantitative estimate of drug-likeness (QED) is 0.597. The predicted octanol–water partition coefficient (Wildman–Crippen LogP) is 4.63. The van der Waals surface area contributed by atoms with E-state index in [4.69, 9.17) is 0 Å². The molecule has 116 valence electrons. The van der Waals surface area contributed by atoms with E-state index >= 15 is 0 Å². The minimum Gasteiger partial charge on any atom is -0.235 e. The van der Waals surface area contributed by atoms with E-state index in [1.165, 1.54) is 25.0 Å². The molecule has 1 fully saturated rings. The van der Waals surface area contributed by atoms with E-state index in [1.54, 1.807) is 24.5 Å². The van der Waals surface area contributed by atoms with Crippen LogP contribution in [0.4, 0.5) is 4.39 Å². The molecule has 1 aromatic heterocycles. The largest absolute Gasteiger partial charge is 0.235 e. The molecule has 3 rings (SSSR count). The highest BCUT2D eigenvalue weighted by atomic mass is 19.1. The Balaban J connectivity index is 1.65. The van der Waals surface area contributed by atoms with Crippen molar-refractivity contribution in [1.82, 2.24) is 9.97 Å². The van der Waals surface area contributed by atoms with Crippen molar-refractivity contribution < 1.29 is 4.39 Å². The summed E-state index contributed by atoms with van der Waals surface area (Å²) in [6, 6.07) is 6.17. The summed E-state index contributed by atoms with van der Waals surface area (Å²) in [6.07, 6.45) is 10.2. The van der Waals surface area contributed by atoms with Gasteiger partial charge in [0.15, 0.2) is 5.82 Å². The Hall–Kier alpha value is -2.47. The molecule has 0 saturated heterocycles. The van der Waals surface area contributed by atoms with E-state index in [0.29, 0.717) is 17.7 Å². The van der Waals surface area contributed by atoms with Crippen molar-refractivity contribution in [2.75, 3.05) is 0 Å². The smallest absolute Gasteiger partial charge is 0.159 e. The van der Waals surface area contributed by atoms with Gasteiger partial charge < -0.3 is 0 Å². The third kappa shape index (κ3) is 4.04. The monoisotopic (exact) mass is 306 g/mol. The molecular formula is C20H19FN2. The van der Waals surface area contributed by atoms with E-state index in [1.807, 2.05) is 0 Å². The number of allylic oxidation sites excluding steroid dienone is 1. The molecule has 0 bridgehead atoms. The number of hydrogen-bond acceptors (Lipinski definition) is 2. The summed E-state index contributed by atoms with van der Waals surface area (Å²) in [7, 11) is 0. The highest BCUT2D eigenvalue weighted by molar-refractivity contribution is 5.54. The molecule has 1 heterocycles. The Labute approximate surface area is 136 Å². The first-order chi connectivity index (χ1) is 11.2. The van der Waals surface area contributed by atoms with Gasteiger partial charge in [-0.2, -0.15) is 0 Å². The molecule has 1 saturated carbocycles. The van der Waals surface area contributed by atoms with Gasteiger partial charge in [-0.05, 0) is 55.9 Å². The van der Waals surface area contributed by atoms with Crippen LogP contribution in [0.5, 0.6) is 0 Å². The topological polar surface area (TPSA) is 25.8 Å². The normalized spacial score (nSPS) is 20.4. The van der Waals surface area contributed by atoms with E-state index in [2.05, 4.69) is 34.5 Å². The number of hydrogen-bond donors (Lipinski definition) is 0. The Morgan fingerprint density at radius 2 is 1.70 bits per heavy atom. The average Bonchev–Trinajstić information content (AvgIpc) is 2.61. The first-order valence-corrected chi connectivity index (χ1v) is 7.96. The zero-order chi connectivity index (χ0) is 16.1. The molecule has 2 aromatic rings. The maximum absolute atomic E-state index is 12.9. The van der Waals surface area contributed by atoms with Gasteiger partial charge in [0.25, 0.3) is 0 Å². The van der Waals surface area contributed by atoms with Gasteiger partial charge in [-0.15, -0.1) is 6.58 Å². The fraction of sp³-hybridized carbons (Fsp3) is 0.300. The molecule has 1 aliphatic carbocycles. The lowest BCUT2D eigenvalue weighted by molar-refractivity contribution is 0.365. The van der Waals surface area contributed by atoms with Crippen LogP contribution in [0.25, 0.3) is 11.4 Å². The van der Waals surface area contributed by atoms with Crippen molar-refractivity contribution in [1.29, 1.82) is 0 Å². The number of benzene rings is 1. The van der Waals surface area contributed by atoms with E-state index in [-0.39, 0.29) is 5.82 Å². The minimum absolute atomic E-state index is 0.262. The summed E-state index contributed by atoms with van der Waals surface area (Å²) >= 11 is 0. The molecule has 0 amide bonds. The summed E-state index contributed by atoms with van der Waals surface area (Å²) in [5, 5.41) is 0. The molecule has 0 N–H and O–H groups in total. The van der Waals surface area contributed by atoms with Crippen molar-refractivity contribution in [3.05, 3.63) is 60.7 Å². The van der Waals surface area contributed by atoms with Gasteiger partial charge in [-0.3, -0.25) is 0 Å². The fourth-order valence-electron chi connectivity index (χ4n) is 2.83. The molecule has 0 spiro atoms. The molecule has 0 unspecified atom stereocenters. The van der Waals surface area contributed by atoms with Crippen LogP contribution in [-0.2, 0) is 0 Å². The fourth-order valence-corrected chi connectivity index (χ4v) is 2.83. The van der Waals surface area contributed by atoms with Crippen LogP contribution < -0.4 is 0 Å². The summed E-state index contributed by atoms with van der Waals surface area (Å²) in [4.78, 5) is 8.64. The molecule has 0 atom stereocenters. The third-order valence-corrected chi connectivity index (χ3v) is 4.28. The number of aromatic nitrogens is 2. The molecule has 0 radical (unpaired) electrons. The first-order valence-electron chi connectivity index (χ1n) is 7.96. The lowest BCUT2D eigenvalue weighted by Crippen LogP contribution is -2.11. The van der Waals surface area contributed by atoms with Crippen molar-refractivity contribution in [2.24, 2.45) is 11.8 Å². The van der Waals surface area contributed by atoms with Gasteiger partial charge in [0.1, 0.15) is 5.82 Å².